The minimum atomic E-state index is -0.188. The second kappa shape index (κ2) is 7.79. The summed E-state index contributed by atoms with van der Waals surface area (Å²) in [4.78, 5) is 40.0. The molecule has 0 spiro atoms. The molecule has 29 heavy (non-hydrogen) atoms. The summed E-state index contributed by atoms with van der Waals surface area (Å²) in [6.45, 7) is 6.93. The van der Waals surface area contributed by atoms with Gasteiger partial charge in [-0.05, 0) is 38.0 Å². The number of anilines is 1. The first kappa shape index (κ1) is 19.3. The lowest BCUT2D eigenvalue weighted by Gasteiger charge is -2.26. The number of hydrogen-bond donors (Lipinski definition) is 2. The van der Waals surface area contributed by atoms with E-state index in [-0.39, 0.29) is 11.8 Å². The lowest BCUT2D eigenvalue weighted by Crippen LogP contribution is -2.36. The Kier molecular flexibility index (Phi) is 5.19. The SMILES string of the molecule is CCc1nc(C)c(C(=O)Nc2cc(C(=O)N3CCc4nc[nH]c4C3)ccc2C)s1. The molecule has 1 aliphatic heterocycles. The van der Waals surface area contributed by atoms with Crippen molar-refractivity contribution in [3.8, 4) is 0 Å². The number of rotatable bonds is 4. The summed E-state index contributed by atoms with van der Waals surface area (Å²) in [5.74, 6) is -0.240. The van der Waals surface area contributed by atoms with Gasteiger partial charge in [-0.3, -0.25) is 9.59 Å². The number of nitrogens with zero attached hydrogens (tertiary/aromatic N) is 3. The van der Waals surface area contributed by atoms with Crippen LogP contribution in [0.25, 0.3) is 0 Å². The van der Waals surface area contributed by atoms with Gasteiger partial charge in [0.05, 0.1) is 35.0 Å². The molecule has 0 saturated heterocycles. The summed E-state index contributed by atoms with van der Waals surface area (Å²) in [6, 6.07) is 5.43. The first-order valence-electron chi connectivity index (χ1n) is 9.65. The van der Waals surface area contributed by atoms with Crippen LogP contribution < -0.4 is 5.32 Å². The number of aromatic nitrogens is 3. The van der Waals surface area contributed by atoms with Gasteiger partial charge in [0.15, 0.2) is 0 Å². The highest BCUT2D eigenvalue weighted by Gasteiger charge is 2.24. The number of thiazole rings is 1. The van der Waals surface area contributed by atoms with E-state index in [9.17, 15) is 9.59 Å². The van der Waals surface area contributed by atoms with Gasteiger partial charge in [0, 0.05) is 24.2 Å². The third-order valence-corrected chi connectivity index (χ3v) is 6.45. The van der Waals surface area contributed by atoms with Gasteiger partial charge >= 0.3 is 0 Å². The third kappa shape index (κ3) is 3.80. The maximum atomic E-state index is 13.0. The minimum absolute atomic E-state index is 0.0528. The summed E-state index contributed by atoms with van der Waals surface area (Å²) >= 11 is 1.41. The van der Waals surface area contributed by atoms with Crippen molar-refractivity contribution in [2.24, 2.45) is 0 Å². The van der Waals surface area contributed by atoms with Crippen LogP contribution in [0.15, 0.2) is 24.5 Å². The fourth-order valence-electron chi connectivity index (χ4n) is 3.45. The first-order valence-corrected chi connectivity index (χ1v) is 10.5. The molecule has 3 aromatic rings. The molecule has 150 valence electrons. The fraction of sp³-hybridized carbons (Fsp3) is 0.333. The molecular formula is C21H23N5O2S. The Labute approximate surface area is 173 Å². The van der Waals surface area contributed by atoms with E-state index in [1.807, 2.05) is 32.9 Å². The molecule has 1 aliphatic rings. The highest BCUT2D eigenvalue weighted by Crippen LogP contribution is 2.24. The molecular weight excluding hydrogens is 386 g/mol. The number of benzene rings is 1. The van der Waals surface area contributed by atoms with Gasteiger partial charge in [0.2, 0.25) is 0 Å². The lowest BCUT2D eigenvalue weighted by molar-refractivity contribution is 0.0731. The Balaban J connectivity index is 1.54. The van der Waals surface area contributed by atoms with Gasteiger partial charge in [0.1, 0.15) is 4.88 Å². The van der Waals surface area contributed by atoms with Crippen LogP contribution >= 0.6 is 11.3 Å². The van der Waals surface area contributed by atoms with Crippen LogP contribution in [-0.4, -0.2) is 38.2 Å². The van der Waals surface area contributed by atoms with E-state index in [1.54, 1.807) is 17.3 Å². The van der Waals surface area contributed by atoms with Crippen molar-refractivity contribution in [3.05, 3.63) is 62.6 Å². The van der Waals surface area contributed by atoms with Crippen molar-refractivity contribution in [2.75, 3.05) is 11.9 Å². The van der Waals surface area contributed by atoms with Gasteiger partial charge in [-0.1, -0.05) is 13.0 Å². The number of amides is 2. The molecule has 4 rings (SSSR count). The van der Waals surface area contributed by atoms with E-state index < -0.39 is 0 Å². The van der Waals surface area contributed by atoms with Crippen molar-refractivity contribution < 1.29 is 9.59 Å². The van der Waals surface area contributed by atoms with E-state index in [0.717, 1.165) is 40.5 Å². The normalized spacial score (nSPS) is 13.3. The molecule has 0 saturated carbocycles. The minimum Gasteiger partial charge on any atom is -0.347 e. The predicted octanol–water partition coefficient (Wildman–Crippen LogP) is 3.50. The van der Waals surface area contributed by atoms with Crippen LogP contribution in [-0.2, 0) is 19.4 Å². The molecule has 0 radical (unpaired) electrons. The van der Waals surface area contributed by atoms with E-state index in [4.69, 9.17) is 0 Å². The molecule has 2 amide bonds. The van der Waals surface area contributed by atoms with Crippen molar-refractivity contribution in [2.45, 2.75) is 40.2 Å². The van der Waals surface area contributed by atoms with Crippen molar-refractivity contribution in [3.63, 3.8) is 0 Å². The quantitative estimate of drug-likeness (QED) is 0.690. The predicted molar refractivity (Wildman–Crippen MR) is 112 cm³/mol. The zero-order valence-corrected chi connectivity index (χ0v) is 17.5. The molecule has 0 atom stereocenters. The number of carbonyl (C=O) groups excluding carboxylic acids is 2. The van der Waals surface area contributed by atoms with Crippen LogP contribution in [0.2, 0.25) is 0 Å². The second-order valence-corrected chi connectivity index (χ2v) is 8.25. The fourth-order valence-corrected chi connectivity index (χ4v) is 4.35. The Bertz CT molecular complexity index is 1080. The summed E-state index contributed by atoms with van der Waals surface area (Å²) in [5.41, 5.74) is 4.85. The average molecular weight is 410 g/mol. The number of H-pyrrole nitrogens is 1. The van der Waals surface area contributed by atoms with Crippen molar-refractivity contribution >= 4 is 28.8 Å². The molecule has 7 nitrogen and oxygen atoms in total. The van der Waals surface area contributed by atoms with Crippen LogP contribution in [0.4, 0.5) is 5.69 Å². The number of carbonyl (C=O) groups is 2. The summed E-state index contributed by atoms with van der Waals surface area (Å²) < 4.78 is 0. The molecule has 0 unspecified atom stereocenters. The average Bonchev–Trinajstić information content (AvgIpc) is 3.34. The maximum absolute atomic E-state index is 13.0. The second-order valence-electron chi connectivity index (χ2n) is 7.16. The van der Waals surface area contributed by atoms with Crippen LogP contribution in [0, 0.1) is 13.8 Å². The number of imidazole rings is 1. The van der Waals surface area contributed by atoms with E-state index in [2.05, 4.69) is 20.3 Å². The standard InChI is InChI=1S/C21H23N5O2S/c1-4-18-24-13(3)19(29-18)20(27)25-16-9-14(6-5-12(16)2)21(28)26-8-7-15-17(10-26)23-11-22-15/h5-6,9,11H,4,7-8,10H2,1-3H3,(H,22,23)(H,25,27). The summed E-state index contributed by atoms with van der Waals surface area (Å²) in [6.07, 6.45) is 3.21. The number of aryl methyl sites for hydroxylation is 3. The Hall–Kier alpha value is -3.00. The largest absolute Gasteiger partial charge is 0.347 e. The number of aromatic amines is 1. The van der Waals surface area contributed by atoms with Gasteiger partial charge in [-0.2, -0.15) is 0 Å². The highest BCUT2D eigenvalue weighted by atomic mass is 32.1. The molecule has 0 bridgehead atoms. The first-order chi connectivity index (χ1) is 14.0. The third-order valence-electron chi connectivity index (χ3n) is 5.14. The molecule has 0 fully saturated rings. The van der Waals surface area contributed by atoms with E-state index in [0.29, 0.717) is 29.2 Å². The van der Waals surface area contributed by atoms with Crippen molar-refractivity contribution in [1.82, 2.24) is 19.9 Å². The zero-order valence-electron chi connectivity index (χ0n) is 16.7. The zero-order chi connectivity index (χ0) is 20.5. The van der Waals surface area contributed by atoms with Crippen LogP contribution in [0.5, 0.6) is 0 Å². The molecule has 3 heterocycles. The number of nitrogens with one attached hydrogen (secondary N) is 2. The van der Waals surface area contributed by atoms with Crippen LogP contribution in [0.1, 0.15) is 54.6 Å². The topological polar surface area (TPSA) is 91.0 Å². The molecule has 0 aliphatic carbocycles. The van der Waals surface area contributed by atoms with Gasteiger partial charge in [-0.15, -0.1) is 11.3 Å². The molecule has 8 heteroatoms. The van der Waals surface area contributed by atoms with Gasteiger partial charge in [-0.25, -0.2) is 9.97 Å². The Morgan fingerprint density at radius 3 is 2.90 bits per heavy atom. The van der Waals surface area contributed by atoms with E-state index >= 15 is 0 Å². The van der Waals surface area contributed by atoms with Gasteiger partial charge < -0.3 is 15.2 Å². The van der Waals surface area contributed by atoms with Crippen molar-refractivity contribution in [1.29, 1.82) is 0 Å². The lowest BCUT2D eigenvalue weighted by atomic mass is 10.1. The maximum Gasteiger partial charge on any atom is 0.267 e. The Morgan fingerprint density at radius 2 is 2.14 bits per heavy atom. The van der Waals surface area contributed by atoms with Crippen LogP contribution in [0.3, 0.4) is 0 Å². The molecule has 2 N–H and O–H groups in total. The highest BCUT2D eigenvalue weighted by molar-refractivity contribution is 7.13. The Morgan fingerprint density at radius 1 is 1.31 bits per heavy atom. The number of hydrogen-bond acceptors (Lipinski definition) is 5. The summed E-state index contributed by atoms with van der Waals surface area (Å²) in [5, 5.41) is 3.90. The summed E-state index contributed by atoms with van der Waals surface area (Å²) in [7, 11) is 0. The number of fused-ring (bicyclic) bond motifs is 1. The molecule has 1 aromatic carbocycles. The monoisotopic (exact) mass is 409 g/mol. The van der Waals surface area contributed by atoms with Gasteiger partial charge in [0.25, 0.3) is 11.8 Å². The molecule has 2 aromatic heterocycles. The van der Waals surface area contributed by atoms with E-state index in [1.165, 1.54) is 11.3 Å². The smallest absolute Gasteiger partial charge is 0.267 e.